The lowest BCUT2D eigenvalue weighted by atomic mass is 10.3. The van der Waals surface area contributed by atoms with Crippen molar-refractivity contribution in [3.63, 3.8) is 0 Å². The summed E-state index contributed by atoms with van der Waals surface area (Å²) < 4.78 is 12.8. The molecule has 1 heterocycles. The molecule has 0 spiro atoms. The number of nitrogens with zero attached hydrogens (tertiary/aromatic N) is 2. The molecule has 0 unspecified atom stereocenters. The lowest BCUT2D eigenvalue weighted by Crippen LogP contribution is -2.25. The number of anilines is 1. The summed E-state index contributed by atoms with van der Waals surface area (Å²) in [5, 5.41) is 8.69. The molecule has 1 N–H and O–H groups in total. The van der Waals surface area contributed by atoms with Crippen molar-refractivity contribution in [1.29, 1.82) is 0 Å². The van der Waals surface area contributed by atoms with Crippen LogP contribution in [-0.4, -0.2) is 29.8 Å². The van der Waals surface area contributed by atoms with Crippen molar-refractivity contribution in [3.05, 3.63) is 24.1 Å². The van der Waals surface area contributed by atoms with Crippen LogP contribution in [0, 0.1) is 5.95 Å². The molecule has 1 aromatic rings. The molecule has 0 radical (unpaired) electrons. The minimum Gasteiger partial charge on any atom is -0.396 e. The Hall–Kier alpha value is -1.16. The molecule has 0 aliphatic carbocycles. The maximum atomic E-state index is 12.8. The highest BCUT2D eigenvalue weighted by molar-refractivity contribution is 5.37. The van der Waals surface area contributed by atoms with Gasteiger partial charge in [-0.3, -0.25) is 0 Å². The van der Waals surface area contributed by atoms with Crippen LogP contribution in [0.2, 0.25) is 0 Å². The van der Waals surface area contributed by atoms with E-state index in [1.54, 1.807) is 12.1 Å². The number of aliphatic hydroxyl groups is 1. The van der Waals surface area contributed by atoms with Gasteiger partial charge < -0.3 is 10.0 Å². The molecule has 0 bridgehead atoms. The SMILES string of the molecule is CCN(CCCO)c1cccc(F)n1. The van der Waals surface area contributed by atoms with Gasteiger partial charge in [0, 0.05) is 19.7 Å². The fourth-order valence-corrected chi connectivity index (χ4v) is 1.27. The van der Waals surface area contributed by atoms with E-state index in [2.05, 4.69) is 4.98 Å². The first-order valence-corrected chi connectivity index (χ1v) is 4.76. The molecular formula is C10H15FN2O. The van der Waals surface area contributed by atoms with Crippen molar-refractivity contribution >= 4 is 5.82 Å². The molecule has 14 heavy (non-hydrogen) atoms. The summed E-state index contributed by atoms with van der Waals surface area (Å²) in [5.74, 6) is 0.158. The Kier molecular flexibility index (Phi) is 4.32. The van der Waals surface area contributed by atoms with Gasteiger partial charge in [-0.2, -0.15) is 4.39 Å². The van der Waals surface area contributed by atoms with E-state index in [4.69, 9.17) is 5.11 Å². The van der Waals surface area contributed by atoms with Gasteiger partial charge in [0.15, 0.2) is 0 Å². The minimum absolute atomic E-state index is 0.145. The molecule has 0 saturated heterocycles. The van der Waals surface area contributed by atoms with Crippen LogP contribution in [-0.2, 0) is 0 Å². The zero-order chi connectivity index (χ0) is 10.4. The number of aromatic nitrogens is 1. The zero-order valence-electron chi connectivity index (χ0n) is 8.28. The van der Waals surface area contributed by atoms with Crippen molar-refractivity contribution in [2.45, 2.75) is 13.3 Å². The number of pyridine rings is 1. The number of aliphatic hydroxyl groups excluding tert-OH is 1. The number of hydrogen-bond donors (Lipinski definition) is 1. The van der Waals surface area contributed by atoms with Crippen LogP contribution >= 0.6 is 0 Å². The molecule has 0 aliphatic heterocycles. The largest absolute Gasteiger partial charge is 0.396 e. The van der Waals surface area contributed by atoms with Crippen molar-refractivity contribution < 1.29 is 9.50 Å². The number of halogens is 1. The normalized spacial score (nSPS) is 10.2. The topological polar surface area (TPSA) is 36.4 Å². The number of hydrogen-bond acceptors (Lipinski definition) is 3. The summed E-state index contributed by atoms with van der Waals surface area (Å²) in [6.45, 7) is 3.58. The molecule has 3 nitrogen and oxygen atoms in total. The van der Waals surface area contributed by atoms with Crippen LogP contribution in [0.15, 0.2) is 18.2 Å². The Morgan fingerprint density at radius 3 is 2.86 bits per heavy atom. The first kappa shape index (κ1) is 10.9. The predicted molar refractivity (Wildman–Crippen MR) is 53.8 cm³/mol. The van der Waals surface area contributed by atoms with Gasteiger partial charge in [-0.15, -0.1) is 0 Å². The van der Waals surface area contributed by atoms with Crippen LogP contribution in [0.25, 0.3) is 0 Å². The fraction of sp³-hybridized carbons (Fsp3) is 0.500. The van der Waals surface area contributed by atoms with Crippen LogP contribution in [0.4, 0.5) is 10.2 Å². The van der Waals surface area contributed by atoms with Gasteiger partial charge in [0.25, 0.3) is 0 Å². The molecule has 0 fully saturated rings. The zero-order valence-corrected chi connectivity index (χ0v) is 8.28. The summed E-state index contributed by atoms with van der Waals surface area (Å²) in [5.41, 5.74) is 0. The molecule has 0 atom stereocenters. The lowest BCUT2D eigenvalue weighted by molar-refractivity contribution is 0.289. The van der Waals surface area contributed by atoms with Gasteiger partial charge in [-0.1, -0.05) is 6.07 Å². The molecule has 0 aromatic carbocycles. The Bertz CT molecular complexity index is 281. The van der Waals surface area contributed by atoms with Crippen LogP contribution in [0.3, 0.4) is 0 Å². The Morgan fingerprint density at radius 2 is 2.29 bits per heavy atom. The van der Waals surface area contributed by atoms with Gasteiger partial charge in [0.2, 0.25) is 5.95 Å². The molecule has 0 aliphatic rings. The Balaban J connectivity index is 2.68. The summed E-state index contributed by atoms with van der Waals surface area (Å²) in [6.07, 6.45) is 0.673. The lowest BCUT2D eigenvalue weighted by Gasteiger charge is -2.21. The van der Waals surface area contributed by atoms with E-state index < -0.39 is 5.95 Å². The average molecular weight is 198 g/mol. The van der Waals surface area contributed by atoms with Crippen molar-refractivity contribution in [3.8, 4) is 0 Å². The second-order valence-electron chi connectivity index (χ2n) is 2.98. The molecule has 78 valence electrons. The van der Waals surface area contributed by atoms with Gasteiger partial charge in [0.05, 0.1) is 0 Å². The average Bonchev–Trinajstić information content (AvgIpc) is 2.19. The molecule has 4 heteroatoms. The monoisotopic (exact) mass is 198 g/mol. The third-order valence-electron chi connectivity index (χ3n) is 1.99. The van der Waals surface area contributed by atoms with Gasteiger partial charge in [-0.05, 0) is 25.5 Å². The van der Waals surface area contributed by atoms with Crippen LogP contribution < -0.4 is 4.90 Å². The summed E-state index contributed by atoms with van der Waals surface area (Å²) in [4.78, 5) is 5.70. The fourth-order valence-electron chi connectivity index (χ4n) is 1.27. The molecule has 1 rings (SSSR count). The summed E-state index contributed by atoms with van der Waals surface area (Å²) in [7, 11) is 0. The molecular weight excluding hydrogens is 183 g/mol. The van der Waals surface area contributed by atoms with E-state index >= 15 is 0 Å². The molecule has 0 amide bonds. The van der Waals surface area contributed by atoms with E-state index in [1.807, 2.05) is 11.8 Å². The standard InChI is InChI=1S/C10H15FN2O/c1-2-13(7-4-8-14)10-6-3-5-9(11)12-10/h3,5-6,14H,2,4,7-8H2,1H3. The Morgan fingerprint density at radius 1 is 1.50 bits per heavy atom. The summed E-state index contributed by atoms with van der Waals surface area (Å²) in [6, 6.07) is 4.73. The minimum atomic E-state index is -0.468. The third kappa shape index (κ3) is 2.96. The highest BCUT2D eigenvalue weighted by Gasteiger charge is 2.05. The molecule has 1 aromatic heterocycles. The van der Waals surface area contributed by atoms with E-state index in [0.717, 1.165) is 6.54 Å². The quantitative estimate of drug-likeness (QED) is 0.727. The van der Waals surface area contributed by atoms with E-state index in [0.29, 0.717) is 18.8 Å². The summed E-state index contributed by atoms with van der Waals surface area (Å²) >= 11 is 0. The van der Waals surface area contributed by atoms with E-state index in [9.17, 15) is 4.39 Å². The maximum absolute atomic E-state index is 12.8. The predicted octanol–water partition coefficient (Wildman–Crippen LogP) is 1.43. The highest BCUT2D eigenvalue weighted by atomic mass is 19.1. The van der Waals surface area contributed by atoms with Crippen LogP contribution in [0.1, 0.15) is 13.3 Å². The van der Waals surface area contributed by atoms with Crippen molar-refractivity contribution in [1.82, 2.24) is 4.98 Å². The first-order valence-electron chi connectivity index (χ1n) is 4.76. The number of rotatable bonds is 5. The third-order valence-corrected chi connectivity index (χ3v) is 1.99. The van der Waals surface area contributed by atoms with Gasteiger partial charge >= 0.3 is 0 Å². The van der Waals surface area contributed by atoms with Crippen LogP contribution in [0.5, 0.6) is 0 Å². The van der Waals surface area contributed by atoms with Gasteiger partial charge in [0.1, 0.15) is 5.82 Å². The second kappa shape index (κ2) is 5.54. The first-order chi connectivity index (χ1) is 6.77. The molecule has 0 saturated carbocycles. The van der Waals surface area contributed by atoms with E-state index in [1.165, 1.54) is 6.07 Å². The van der Waals surface area contributed by atoms with Gasteiger partial charge in [-0.25, -0.2) is 4.98 Å². The van der Waals surface area contributed by atoms with E-state index in [-0.39, 0.29) is 6.61 Å². The van der Waals surface area contributed by atoms with Crippen molar-refractivity contribution in [2.24, 2.45) is 0 Å². The smallest absolute Gasteiger partial charge is 0.214 e. The highest BCUT2D eigenvalue weighted by Crippen LogP contribution is 2.10. The van der Waals surface area contributed by atoms with Crippen molar-refractivity contribution in [2.75, 3.05) is 24.6 Å². The maximum Gasteiger partial charge on any atom is 0.214 e. The second-order valence-corrected chi connectivity index (χ2v) is 2.98. The Labute approximate surface area is 83.2 Å².